The Bertz CT molecular complexity index is 900. The summed E-state index contributed by atoms with van der Waals surface area (Å²) >= 11 is 0. The zero-order valence-corrected chi connectivity index (χ0v) is 17.5. The van der Waals surface area contributed by atoms with Crippen molar-refractivity contribution in [2.45, 2.75) is 52.4 Å². The van der Waals surface area contributed by atoms with E-state index in [1.165, 1.54) is 5.56 Å². The van der Waals surface area contributed by atoms with E-state index in [1.54, 1.807) is 4.90 Å². The standard InChI is InChI=1S/C23H30N4O2/c1-3-13-25-14-6-15-26(16-21(25)28)23(29)22-19-7-4-5-8-20(19)27(24-22)18-11-9-17(2)10-12-18/h9-12H,3-8,13-16H2,1-2H3. The van der Waals surface area contributed by atoms with Gasteiger partial charge in [-0.25, -0.2) is 4.68 Å². The fourth-order valence-electron chi connectivity index (χ4n) is 4.42. The van der Waals surface area contributed by atoms with E-state index in [1.807, 2.05) is 9.58 Å². The van der Waals surface area contributed by atoms with Crippen LogP contribution < -0.4 is 0 Å². The van der Waals surface area contributed by atoms with Gasteiger partial charge in [-0.1, -0.05) is 24.6 Å². The van der Waals surface area contributed by atoms with Crippen LogP contribution in [0.2, 0.25) is 0 Å². The number of carbonyl (C=O) groups excluding carboxylic acids is 2. The van der Waals surface area contributed by atoms with Crippen molar-refractivity contribution in [1.82, 2.24) is 19.6 Å². The lowest BCUT2D eigenvalue weighted by Crippen LogP contribution is -2.40. The number of rotatable bonds is 4. The molecule has 6 heteroatoms. The Hall–Kier alpha value is -2.63. The van der Waals surface area contributed by atoms with Gasteiger partial charge in [0.2, 0.25) is 5.91 Å². The SMILES string of the molecule is CCCN1CCCN(C(=O)c2nn(-c3ccc(C)cc3)c3c2CCCC3)CC1=O. The zero-order valence-electron chi connectivity index (χ0n) is 17.5. The van der Waals surface area contributed by atoms with Crippen molar-refractivity contribution in [1.29, 1.82) is 0 Å². The van der Waals surface area contributed by atoms with Crippen LogP contribution in [0, 0.1) is 6.92 Å². The van der Waals surface area contributed by atoms with Gasteiger partial charge in [0.15, 0.2) is 5.69 Å². The molecule has 0 bridgehead atoms. The van der Waals surface area contributed by atoms with Crippen molar-refractivity contribution in [2.75, 3.05) is 26.2 Å². The van der Waals surface area contributed by atoms with E-state index in [4.69, 9.17) is 5.10 Å². The summed E-state index contributed by atoms with van der Waals surface area (Å²) in [5.74, 6) is -0.0507. The number of fused-ring (bicyclic) bond motifs is 1. The summed E-state index contributed by atoms with van der Waals surface area (Å²) in [4.78, 5) is 29.6. The molecule has 2 amide bonds. The smallest absolute Gasteiger partial charge is 0.275 e. The molecule has 1 aromatic carbocycles. The summed E-state index contributed by atoms with van der Waals surface area (Å²) in [5.41, 5.74) is 4.96. The van der Waals surface area contributed by atoms with Crippen molar-refractivity contribution < 1.29 is 9.59 Å². The van der Waals surface area contributed by atoms with E-state index in [0.717, 1.165) is 68.6 Å². The topological polar surface area (TPSA) is 58.4 Å². The first kappa shape index (κ1) is 19.7. The number of aryl methyl sites for hydroxylation is 1. The molecule has 1 saturated heterocycles. The van der Waals surface area contributed by atoms with Gasteiger partial charge in [-0.2, -0.15) is 5.10 Å². The highest BCUT2D eigenvalue weighted by atomic mass is 16.2. The van der Waals surface area contributed by atoms with Gasteiger partial charge in [-0.15, -0.1) is 0 Å². The molecule has 0 N–H and O–H groups in total. The van der Waals surface area contributed by atoms with Gasteiger partial charge >= 0.3 is 0 Å². The van der Waals surface area contributed by atoms with E-state index in [0.29, 0.717) is 12.2 Å². The van der Waals surface area contributed by atoms with Crippen LogP contribution in [0.15, 0.2) is 24.3 Å². The largest absolute Gasteiger partial charge is 0.341 e. The number of benzene rings is 1. The molecule has 29 heavy (non-hydrogen) atoms. The molecular formula is C23H30N4O2. The molecule has 2 aliphatic rings. The Morgan fingerprint density at radius 2 is 1.83 bits per heavy atom. The van der Waals surface area contributed by atoms with Crippen LogP contribution >= 0.6 is 0 Å². The Balaban J connectivity index is 1.65. The first-order valence-electron chi connectivity index (χ1n) is 10.8. The summed E-state index contributed by atoms with van der Waals surface area (Å²) in [6.07, 6.45) is 5.77. The van der Waals surface area contributed by atoms with Crippen LogP contribution in [0.25, 0.3) is 5.69 Å². The minimum Gasteiger partial charge on any atom is -0.341 e. The van der Waals surface area contributed by atoms with Gasteiger partial charge < -0.3 is 9.80 Å². The summed E-state index contributed by atoms with van der Waals surface area (Å²) < 4.78 is 1.95. The van der Waals surface area contributed by atoms with Crippen LogP contribution in [0.5, 0.6) is 0 Å². The zero-order chi connectivity index (χ0) is 20.4. The average molecular weight is 395 g/mol. The second-order valence-electron chi connectivity index (χ2n) is 8.19. The highest BCUT2D eigenvalue weighted by Crippen LogP contribution is 2.28. The van der Waals surface area contributed by atoms with E-state index < -0.39 is 0 Å². The number of amides is 2. The molecule has 1 aliphatic heterocycles. The Labute approximate surface area is 172 Å². The molecule has 154 valence electrons. The Morgan fingerprint density at radius 1 is 1.07 bits per heavy atom. The fourth-order valence-corrected chi connectivity index (χ4v) is 4.42. The lowest BCUT2D eigenvalue weighted by molar-refractivity contribution is -0.130. The maximum Gasteiger partial charge on any atom is 0.275 e. The molecular weight excluding hydrogens is 364 g/mol. The maximum absolute atomic E-state index is 13.4. The number of hydrogen-bond donors (Lipinski definition) is 0. The highest BCUT2D eigenvalue weighted by molar-refractivity contribution is 5.96. The number of carbonyl (C=O) groups is 2. The van der Waals surface area contributed by atoms with Gasteiger partial charge in [-0.05, 0) is 57.6 Å². The molecule has 0 unspecified atom stereocenters. The lowest BCUT2D eigenvalue weighted by atomic mass is 9.95. The molecule has 2 heterocycles. The molecule has 0 saturated carbocycles. The third kappa shape index (κ3) is 3.93. The Morgan fingerprint density at radius 3 is 2.59 bits per heavy atom. The number of hydrogen-bond acceptors (Lipinski definition) is 3. The molecule has 1 aromatic heterocycles. The summed E-state index contributed by atoms with van der Waals surface area (Å²) in [6.45, 7) is 6.40. The van der Waals surface area contributed by atoms with Gasteiger partial charge in [-0.3, -0.25) is 9.59 Å². The number of nitrogens with zero attached hydrogens (tertiary/aromatic N) is 4. The molecule has 0 spiro atoms. The fraction of sp³-hybridized carbons (Fsp3) is 0.522. The second kappa shape index (κ2) is 8.39. The number of aromatic nitrogens is 2. The monoisotopic (exact) mass is 394 g/mol. The van der Waals surface area contributed by atoms with Gasteiger partial charge in [0, 0.05) is 30.9 Å². The van der Waals surface area contributed by atoms with Crippen molar-refractivity contribution in [3.63, 3.8) is 0 Å². The average Bonchev–Trinajstić information content (AvgIpc) is 3.02. The third-order valence-corrected chi connectivity index (χ3v) is 5.98. The van der Waals surface area contributed by atoms with Crippen molar-refractivity contribution in [3.05, 3.63) is 46.8 Å². The summed E-state index contributed by atoms with van der Waals surface area (Å²) in [6, 6.07) is 8.26. The molecule has 0 atom stereocenters. The van der Waals surface area contributed by atoms with Crippen molar-refractivity contribution in [2.24, 2.45) is 0 Å². The minimum atomic E-state index is -0.0966. The summed E-state index contributed by atoms with van der Waals surface area (Å²) in [5, 5.41) is 4.78. The molecule has 6 nitrogen and oxygen atoms in total. The van der Waals surface area contributed by atoms with Gasteiger partial charge in [0.25, 0.3) is 5.91 Å². The third-order valence-electron chi connectivity index (χ3n) is 5.98. The van der Waals surface area contributed by atoms with Gasteiger partial charge in [0.1, 0.15) is 6.54 Å². The van der Waals surface area contributed by atoms with Crippen LogP contribution in [0.1, 0.15) is 59.9 Å². The quantitative estimate of drug-likeness (QED) is 0.800. The maximum atomic E-state index is 13.4. The molecule has 2 aromatic rings. The first-order valence-corrected chi connectivity index (χ1v) is 10.8. The predicted octanol–water partition coefficient (Wildman–Crippen LogP) is 3.14. The van der Waals surface area contributed by atoms with Crippen LogP contribution in [-0.2, 0) is 17.6 Å². The lowest BCUT2D eigenvalue weighted by Gasteiger charge is -2.21. The predicted molar refractivity (Wildman–Crippen MR) is 112 cm³/mol. The second-order valence-corrected chi connectivity index (χ2v) is 8.19. The van der Waals surface area contributed by atoms with E-state index >= 15 is 0 Å². The van der Waals surface area contributed by atoms with E-state index in [9.17, 15) is 9.59 Å². The van der Waals surface area contributed by atoms with Crippen LogP contribution in [0.3, 0.4) is 0 Å². The van der Waals surface area contributed by atoms with Crippen molar-refractivity contribution in [3.8, 4) is 5.69 Å². The van der Waals surface area contributed by atoms with E-state index in [2.05, 4.69) is 38.1 Å². The van der Waals surface area contributed by atoms with E-state index in [-0.39, 0.29) is 18.4 Å². The first-order chi connectivity index (χ1) is 14.1. The normalized spacial score (nSPS) is 17.2. The molecule has 4 rings (SSSR count). The van der Waals surface area contributed by atoms with Crippen LogP contribution in [0.4, 0.5) is 0 Å². The Kier molecular flexibility index (Phi) is 5.69. The molecule has 1 fully saturated rings. The minimum absolute atomic E-state index is 0.0459. The van der Waals surface area contributed by atoms with Crippen molar-refractivity contribution >= 4 is 11.8 Å². The van der Waals surface area contributed by atoms with Gasteiger partial charge in [0.05, 0.1) is 5.69 Å². The summed E-state index contributed by atoms with van der Waals surface area (Å²) in [7, 11) is 0. The van der Waals surface area contributed by atoms with Crippen LogP contribution in [-0.4, -0.2) is 57.6 Å². The highest BCUT2D eigenvalue weighted by Gasteiger charge is 2.31. The molecule has 1 aliphatic carbocycles. The molecule has 0 radical (unpaired) electrons.